The Morgan fingerprint density at radius 1 is 1.15 bits per heavy atom. The van der Waals surface area contributed by atoms with E-state index < -0.39 is 0 Å². The summed E-state index contributed by atoms with van der Waals surface area (Å²) in [5.74, 6) is 0.949. The van der Waals surface area contributed by atoms with Crippen molar-refractivity contribution in [2.24, 2.45) is 5.92 Å². The molecule has 2 aliphatic carbocycles. The third kappa shape index (κ3) is 4.21. The first-order chi connectivity index (χ1) is 9.58. The molecule has 0 heterocycles. The summed E-state index contributed by atoms with van der Waals surface area (Å²) in [7, 11) is 0. The van der Waals surface area contributed by atoms with Crippen LogP contribution in [0.15, 0.2) is 0 Å². The van der Waals surface area contributed by atoms with Crippen LogP contribution in [0.1, 0.15) is 72.1 Å². The first-order valence-corrected chi connectivity index (χ1v) is 8.50. The summed E-state index contributed by atoms with van der Waals surface area (Å²) < 4.78 is 5.91. The van der Waals surface area contributed by atoms with Crippen LogP contribution in [0.4, 0.5) is 0 Å². The van der Waals surface area contributed by atoms with Crippen molar-refractivity contribution in [2.45, 2.75) is 90.3 Å². The number of rotatable bonds is 5. The van der Waals surface area contributed by atoms with E-state index in [1.165, 1.54) is 38.5 Å². The smallest absolute Gasteiger partial charge is 0.249 e. The van der Waals surface area contributed by atoms with Gasteiger partial charge in [0.2, 0.25) is 5.91 Å². The van der Waals surface area contributed by atoms with Crippen LogP contribution in [0.2, 0.25) is 0 Å². The van der Waals surface area contributed by atoms with Gasteiger partial charge in [0.1, 0.15) is 6.61 Å². The van der Waals surface area contributed by atoms with Gasteiger partial charge in [-0.05, 0) is 45.4 Å². The van der Waals surface area contributed by atoms with Gasteiger partial charge < -0.3 is 9.64 Å². The van der Waals surface area contributed by atoms with E-state index in [0.29, 0.717) is 18.2 Å². The van der Waals surface area contributed by atoms with Crippen molar-refractivity contribution in [3.63, 3.8) is 0 Å². The quantitative estimate of drug-likeness (QED) is 0.768. The fourth-order valence-electron chi connectivity index (χ4n) is 3.89. The summed E-state index contributed by atoms with van der Waals surface area (Å²) in [6.45, 7) is 6.82. The van der Waals surface area contributed by atoms with Crippen molar-refractivity contribution in [2.75, 3.05) is 6.61 Å². The molecular weight excluding hydrogens is 250 g/mol. The monoisotopic (exact) mass is 281 g/mol. The fourth-order valence-corrected chi connectivity index (χ4v) is 3.89. The van der Waals surface area contributed by atoms with Gasteiger partial charge in [-0.2, -0.15) is 0 Å². The first kappa shape index (κ1) is 15.8. The Morgan fingerprint density at radius 2 is 1.85 bits per heavy atom. The van der Waals surface area contributed by atoms with Crippen LogP contribution in [0.5, 0.6) is 0 Å². The molecule has 1 amide bonds. The Balaban J connectivity index is 1.82. The highest BCUT2D eigenvalue weighted by molar-refractivity contribution is 5.78. The number of amides is 1. The number of nitrogens with zero attached hydrogens (tertiary/aromatic N) is 1. The molecule has 3 heteroatoms. The number of hydrogen-bond acceptors (Lipinski definition) is 2. The SMILES string of the molecule is CC1CCCC(OCC(=O)N(C(C)C)C2CCCC2)C1. The van der Waals surface area contributed by atoms with Crippen LogP contribution in [0.3, 0.4) is 0 Å². The third-order valence-electron chi connectivity index (χ3n) is 4.89. The van der Waals surface area contributed by atoms with Crippen LogP contribution in [-0.2, 0) is 9.53 Å². The highest BCUT2D eigenvalue weighted by atomic mass is 16.5. The molecule has 2 unspecified atom stereocenters. The molecule has 0 N–H and O–H groups in total. The van der Waals surface area contributed by atoms with Gasteiger partial charge >= 0.3 is 0 Å². The van der Waals surface area contributed by atoms with E-state index in [-0.39, 0.29) is 12.5 Å². The summed E-state index contributed by atoms with van der Waals surface area (Å²) in [4.78, 5) is 14.6. The van der Waals surface area contributed by atoms with Crippen molar-refractivity contribution in [3.05, 3.63) is 0 Å². The van der Waals surface area contributed by atoms with Crippen LogP contribution in [0.25, 0.3) is 0 Å². The fraction of sp³-hybridized carbons (Fsp3) is 0.941. The summed E-state index contributed by atoms with van der Waals surface area (Å²) >= 11 is 0. The molecule has 3 nitrogen and oxygen atoms in total. The predicted molar refractivity (Wildman–Crippen MR) is 81.6 cm³/mol. The number of carbonyl (C=O) groups excluding carboxylic acids is 1. The van der Waals surface area contributed by atoms with Gasteiger partial charge in [-0.1, -0.05) is 32.6 Å². The van der Waals surface area contributed by atoms with Crippen LogP contribution in [-0.4, -0.2) is 35.6 Å². The average Bonchev–Trinajstić information content (AvgIpc) is 2.90. The lowest BCUT2D eigenvalue weighted by Gasteiger charge is -2.34. The minimum absolute atomic E-state index is 0.199. The number of carbonyl (C=O) groups is 1. The van der Waals surface area contributed by atoms with Gasteiger partial charge in [-0.25, -0.2) is 0 Å². The Hall–Kier alpha value is -0.570. The highest BCUT2D eigenvalue weighted by Crippen LogP contribution is 2.27. The number of hydrogen-bond donors (Lipinski definition) is 0. The molecule has 2 aliphatic rings. The molecule has 0 radical (unpaired) electrons. The van der Waals surface area contributed by atoms with Crippen LogP contribution >= 0.6 is 0 Å². The summed E-state index contributed by atoms with van der Waals surface area (Å²) in [6.07, 6.45) is 9.99. The second-order valence-electron chi connectivity index (χ2n) is 7.04. The summed E-state index contributed by atoms with van der Waals surface area (Å²) in [5, 5.41) is 0. The summed E-state index contributed by atoms with van der Waals surface area (Å²) in [5.41, 5.74) is 0. The van der Waals surface area contributed by atoms with E-state index in [1.807, 2.05) is 0 Å². The van der Waals surface area contributed by atoms with Gasteiger partial charge in [0.05, 0.1) is 6.10 Å². The van der Waals surface area contributed by atoms with E-state index in [2.05, 4.69) is 25.7 Å². The molecule has 0 bridgehead atoms. The molecule has 0 aliphatic heterocycles. The minimum Gasteiger partial charge on any atom is -0.368 e. The largest absolute Gasteiger partial charge is 0.368 e. The van der Waals surface area contributed by atoms with E-state index >= 15 is 0 Å². The molecule has 20 heavy (non-hydrogen) atoms. The predicted octanol–water partition coefficient (Wildman–Crippen LogP) is 3.76. The molecular formula is C17H31NO2. The van der Waals surface area contributed by atoms with Gasteiger partial charge in [0.25, 0.3) is 0 Å². The second kappa shape index (κ2) is 7.44. The summed E-state index contributed by atoms with van der Waals surface area (Å²) in [6, 6.07) is 0.746. The highest BCUT2D eigenvalue weighted by Gasteiger charge is 2.29. The molecule has 0 spiro atoms. The van der Waals surface area contributed by atoms with Crippen LogP contribution < -0.4 is 0 Å². The standard InChI is InChI=1S/C17H31NO2/c1-13(2)18(15-8-4-5-9-15)17(19)12-20-16-10-6-7-14(3)11-16/h13-16H,4-12H2,1-3H3. The zero-order chi connectivity index (χ0) is 14.5. The molecule has 0 aromatic rings. The Bertz CT molecular complexity index is 310. The molecule has 116 valence electrons. The van der Waals surface area contributed by atoms with Crippen molar-refractivity contribution in [1.29, 1.82) is 0 Å². The van der Waals surface area contributed by atoms with E-state index in [1.54, 1.807) is 0 Å². The van der Waals surface area contributed by atoms with Gasteiger partial charge in [0, 0.05) is 12.1 Å². The normalized spacial score (nSPS) is 28.0. The van der Waals surface area contributed by atoms with Crippen LogP contribution in [0, 0.1) is 5.92 Å². The molecule has 2 rings (SSSR count). The van der Waals surface area contributed by atoms with Crippen molar-refractivity contribution >= 4 is 5.91 Å². The maximum atomic E-state index is 12.5. The molecule has 0 aromatic heterocycles. The average molecular weight is 281 g/mol. The molecule has 0 saturated heterocycles. The van der Waals surface area contributed by atoms with Crippen molar-refractivity contribution in [3.8, 4) is 0 Å². The lowest BCUT2D eigenvalue weighted by atomic mass is 9.89. The lowest BCUT2D eigenvalue weighted by molar-refractivity contribution is -0.143. The Labute approximate surface area is 124 Å². The molecule has 0 aromatic carbocycles. The third-order valence-corrected chi connectivity index (χ3v) is 4.89. The van der Waals surface area contributed by atoms with E-state index in [0.717, 1.165) is 18.8 Å². The lowest BCUT2D eigenvalue weighted by Crippen LogP contribution is -2.46. The molecule has 2 fully saturated rings. The molecule has 2 saturated carbocycles. The minimum atomic E-state index is 0.199. The van der Waals surface area contributed by atoms with Crippen molar-refractivity contribution < 1.29 is 9.53 Å². The van der Waals surface area contributed by atoms with Gasteiger partial charge in [-0.3, -0.25) is 4.79 Å². The van der Waals surface area contributed by atoms with Crippen molar-refractivity contribution in [1.82, 2.24) is 4.90 Å². The van der Waals surface area contributed by atoms with Gasteiger partial charge in [0.15, 0.2) is 0 Å². The Kier molecular flexibility index (Phi) is 5.88. The maximum Gasteiger partial charge on any atom is 0.249 e. The number of ether oxygens (including phenoxy) is 1. The van der Waals surface area contributed by atoms with E-state index in [9.17, 15) is 4.79 Å². The second-order valence-corrected chi connectivity index (χ2v) is 7.04. The molecule has 2 atom stereocenters. The van der Waals surface area contributed by atoms with E-state index in [4.69, 9.17) is 4.74 Å². The van der Waals surface area contributed by atoms with Gasteiger partial charge in [-0.15, -0.1) is 0 Å². The topological polar surface area (TPSA) is 29.5 Å². The first-order valence-electron chi connectivity index (χ1n) is 8.50. The Morgan fingerprint density at radius 3 is 2.45 bits per heavy atom. The maximum absolute atomic E-state index is 12.5. The zero-order valence-corrected chi connectivity index (χ0v) is 13.4. The zero-order valence-electron chi connectivity index (χ0n) is 13.4.